The highest BCUT2D eigenvalue weighted by molar-refractivity contribution is 7.89. The zero-order valence-corrected chi connectivity index (χ0v) is 11.5. The minimum atomic E-state index is -3.68. The van der Waals surface area contributed by atoms with Gasteiger partial charge in [0.15, 0.2) is 11.5 Å². The van der Waals surface area contributed by atoms with Gasteiger partial charge < -0.3 is 5.11 Å². The number of carbonyl (C=O) groups is 1. The third kappa shape index (κ3) is 3.31. The fraction of sp³-hybridized carbons (Fsp3) is 0.364. The van der Waals surface area contributed by atoms with Crippen LogP contribution in [0.4, 0.5) is 0 Å². The number of carboxylic acids is 1. The van der Waals surface area contributed by atoms with Crippen LogP contribution in [0.25, 0.3) is 5.65 Å². The average Bonchev–Trinajstić information content (AvgIpc) is 2.80. The molecule has 0 spiro atoms. The van der Waals surface area contributed by atoms with Gasteiger partial charge in [0.25, 0.3) is 0 Å². The maximum atomic E-state index is 11.7. The van der Waals surface area contributed by atoms with E-state index in [1.165, 1.54) is 0 Å². The van der Waals surface area contributed by atoms with Crippen LogP contribution in [-0.4, -0.2) is 39.8 Å². The molecule has 1 unspecified atom stereocenters. The van der Waals surface area contributed by atoms with Gasteiger partial charge in [0.1, 0.15) is 0 Å². The Labute approximate surface area is 115 Å². The molecule has 2 N–H and O–H groups in total. The number of pyridine rings is 1. The topological polar surface area (TPSA) is 114 Å². The molecule has 1 atom stereocenters. The molecule has 0 aliphatic heterocycles. The van der Waals surface area contributed by atoms with Crippen LogP contribution in [0.2, 0.25) is 0 Å². The molecule has 0 aliphatic rings. The molecule has 2 aromatic rings. The Kier molecular flexibility index (Phi) is 4.00. The smallest absolute Gasteiger partial charge is 0.304 e. The van der Waals surface area contributed by atoms with Gasteiger partial charge in [0.2, 0.25) is 10.0 Å². The summed E-state index contributed by atoms with van der Waals surface area (Å²) in [5.41, 5.74) is 0.610. The number of rotatable bonds is 6. The van der Waals surface area contributed by atoms with E-state index >= 15 is 0 Å². The van der Waals surface area contributed by atoms with Crippen LogP contribution >= 0.6 is 0 Å². The Morgan fingerprint density at radius 1 is 1.45 bits per heavy atom. The number of sulfonamides is 1. The van der Waals surface area contributed by atoms with E-state index in [0.29, 0.717) is 11.5 Å². The molecular weight excluding hydrogens is 284 g/mol. The van der Waals surface area contributed by atoms with Gasteiger partial charge in [0, 0.05) is 6.20 Å². The van der Waals surface area contributed by atoms with E-state index in [4.69, 9.17) is 5.11 Å². The van der Waals surface area contributed by atoms with E-state index < -0.39 is 34.2 Å². The minimum absolute atomic E-state index is 0.442. The molecule has 2 rings (SSSR count). The third-order valence-corrected chi connectivity index (χ3v) is 4.12. The van der Waals surface area contributed by atoms with Gasteiger partial charge >= 0.3 is 5.97 Å². The van der Waals surface area contributed by atoms with Gasteiger partial charge in [-0.3, -0.25) is 9.20 Å². The second-order valence-electron chi connectivity index (χ2n) is 4.29. The van der Waals surface area contributed by atoms with Crippen molar-refractivity contribution in [1.29, 1.82) is 0 Å². The number of hydrogen-bond acceptors (Lipinski definition) is 5. The normalized spacial score (nSPS) is 13.4. The summed E-state index contributed by atoms with van der Waals surface area (Å²) in [5.74, 6) is -1.18. The zero-order chi connectivity index (χ0) is 14.8. The lowest BCUT2D eigenvalue weighted by molar-refractivity contribution is -0.136. The Bertz CT molecular complexity index is 725. The number of fused-ring (bicyclic) bond motifs is 1. The standard InChI is InChI=1S/C11H14N4O4S/c1-8(14-20(18,19)7-5-10(16)17)11-13-12-9-4-2-3-6-15(9)11/h2-4,6,8,14H,5,7H2,1H3,(H,16,17). The summed E-state index contributed by atoms with van der Waals surface area (Å²) in [5, 5.41) is 16.4. The second-order valence-corrected chi connectivity index (χ2v) is 6.16. The first kappa shape index (κ1) is 14.4. The van der Waals surface area contributed by atoms with Crippen LogP contribution in [0.1, 0.15) is 25.2 Å². The maximum absolute atomic E-state index is 11.7. The number of nitrogens with zero attached hydrogens (tertiary/aromatic N) is 3. The predicted molar refractivity (Wildman–Crippen MR) is 70.6 cm³/mol. The van der Waals surface area contributed by atoms with Crippen molar-refractivity contribution in [1.82, 2.24) is 19.3 Å². The van der Waals surface area contributed by atoms with Gasteiger partial charge in [0.05, 0.1) is 18.2 Å². The van der Waals surface area contributed by atoms with Gasteiger partial charge in [-0.15, -0.1) is 10.2 Å². The summed E-state index contributed by atoms with van der Waals surface area (Å²) in [6, 6.07) is 4.73. The van der Waals surface area contributed by atoms with Crippen LogP contribution in [-0.2, 0) is 14.8 Å². The van der Waals surface area contributed by atoms with E-state index in [2.05, 4.69) is 14.9 Å². The Morgan fingerprint density at radius 3 is 2.90 bits per heavy atom. The zero-order valence-electron chi connectivity index (χ0n) is 10.7. The monoisotopic (exact) mass is 298 g/mol. The quantitative estimate of drug-likeness (QED) is 0.786. The summed E-state index contributed by atoms with van der Waals surface area (Å²) in [6.07, 6.45) is 1.29. The van der Waals surface area contributed by atoms with Crippen molar-refractivity contribution >= 4 is 21.6 Å². The van der Waals surface area contributed by atoms with Crippen molar-refractivity contribution < 1.29 is 18.3 Å². The molecule has 108 valence electrons. The van der Waals surface area contributed by atoms with Crippen molar-refractivity contribution in [2.75, 3.05) is 5.75 Å². The van der Waals surface area contributed by atoms with Gasteiger partial charge in [-0.1, -0.05) is 6.07 Å². The van der Waals surface area contributed by atoms with Crippen molar-refractivity contribution in [2.45, 2.75) is 19.4 Å². The molecular formula is C11H14N4O4S. The Morgan fingerprint density at radius 2 is 2.20 bits per heavy atom. The molecule has 0 saturated carbocycles. The molecule has 9 heteroatoms. The van der Waals surface area contributed by atoms with E-state index in [9.17, 15) is 13.2 Å². The molecule has 0 bridgehead atoms. The first-order valence-electron chi connectivity index (χ1n) is 5.90. The summed E-state index contributed by atoms with van der Waals surface area (Å²) in [4.78, 5) is 10.4. The van der Waals surface area contributed by atoms with Crippen LogP contribution in [0.15, 0.2) is 24.4 Å². The fourth-order valence-electron chi connectivity index (χ4n) is 1.76. The predicted octanol–water partition coefficient (Wildman–Crippen LogP) is 0.184. The van der Waals surface area contributed by atoms with Crippen LogP contribution < -0.4 is 4.72 Å². The van der Waals surface area contributed by atoms with E-state index in [1.807, 2.05) is 0 Å². The molecule has 0 fully saturated rings. The molecule has 20 heavy (non-hydrogen) atoms. The number of aromatic nitrogens is 3. The summed E-state index contributed by atoms with van der Waals surface area (Å²) >= 11 is 0. The van der Waals surface area contributed by atoms with E-state index in [-0.39, 0.29) is 0 Å². The number of hydrogen-bond donors (Lipinski definition) is 2. The highest BCUT2D eigenvalue weighted by Crippen LogP contribution is 2.13. The molecule has 0 aromatic carbocycles. The second kappa shape index (κ2) is 5.55. The van der Waals surface area contributed by atoms with Crippen LogP contribution in [0.5, 0.6) is 0 Å². The number of aliphatic carboxylic acids is 1. The lowest BCUT2D eigenvalue weighted by Crippen LogP contribution is -2.31. The molecule has 8 nitrogen and oxygen atoms in total. The Balaban J connectivity index is 2.16. The molecule has 0 saturated heterocycles. The molecule has 0 aliphatic carbocycles. The van der Waals surface area contributed by atoms with Crippen molar-refractivity contribution in [3.8, 4) is 0 Å². The number of carboxylic acid groups (broad SMARTS) is 1. The SMILES string of the molecule is CC(NS(=O)(=O)CCC(=O)O)c1nnc2ccccn12. The Hall–Kier alpha value is -2.00. The van der Waals surface area contributed by atoms with Crippen LogP contribution in [0.3, 0.4) is 0 Å². The van der Waals surface area contributed by atoms with Gasteiger partial charge in [-0.25, -0.2) is 13.1 Å². The first-order chi connectivity index (χ1) is 9.39. The van der Waals surface area contributed by atoms with Crippen molar-refractivity contribution in [2.24, 2.45) is 0 Å². The fourth-order valence-corrected chi connectivity index (χ4v) is 2.96. The summed E-state index contributed by atoms with van der Waals surface area (Å²) in [6.45, 7) is 1.63. The van der Waals surface area contributed by atoms with Crippen LogP contribution in [0, 0.1) is 0 Å². The summed E-state index contributed by atoms with van der Waals surface area (Å²) in [7, 11) is -3.68. The largest absolute Gasteiger partial charge is 0.481 e. The van der Waals surface area contributed by atoms with Gasteiger partial charge in [-0.05, 0) is 19.1 Å². The first-order valence-corrected chi connectivity index (χ1v) is 7.56. The lowest BCUT2D eigenvalue weighted by Gasteiger charge is -2.12. The lowest BCUT2D eigenvalue weighted by atomic mass is 10.3. The third-order valence-electron chi connectivity index (χ3n) is 2.67. The summed E-state index contributed by atoms with van der Waals surface area (Å²) < 4.78 is 27.6. The van der Waals surface area contributed by atoms with Gasteiger partial charge in [-0.2, -0.15) is 0 Å². The molecule has 2 aromatic heterocycles. The molecule has 2 heterocycles. The van der Waals surface area contributed by atoms with E-state index in [0.717, 1.165) is 0 Å². The molecule has 0 amide bonds. The maximum Gasteiger partial charge on any atom is 0.304 e. The highest BCUT2D eigenvalue weighted by atomic mass is 32.2. The average molecular weight is 298 g/mol. The highest BCUT2D eigenvalue weighted by Gasteiger charge is 2.20. The minimum Gasteiger partial charge on any atom is -0.481 e. The molecule has 0 radical (unpaired) electrons. The number of nitrogens with one attached hydrogen (secondary N) is 1. The van der Waals surface area contributed by atoms with Crippen molar-refractivity contribution in [3.63, 3.8) is 0 Å². The van der Waals surface area contributed by atoms with E-state index in [1.54, 1.807) is 35.7 Å². The van der Waals surface area contributed by atoms with Crippen molar-refractivity contribution in [3.05, 3.63) is 30.2 Å².